The molecule has 0 aliphatic rings. The Bertz CT molecular complexity index is 591. The van der Waals surface area contributed by atoms with Crippen molar-refractivity contribution < 1.29 is 14.7 Å². The highest BCUT2D eigenvalue weighted by Gasteiger charge is 2.12. The minimum Gasteiger partial charge on any atom is -0.481 e. The molecule has 0 spiro atoms. The fourth-order valence-corrected chi connectivity index (χ4v) is 1.87. The number of amides is 1. The van der Waals surface area contributed by atoms with Crippen LogP contribution in [0.15, 0.2) is 30.7 Å². The molecule has 0 bridgehead atoms. The number of aromatic nitrogens is 4. The van der Waals surface area contributed by atoms with Gasteiger partial charge in [0.25, 0.3) is 5.91 Å². The standard InChI is InChI=1S/C13H17N5O3/c19-12(20)4-10-18-11(3-7-16-18)13(21)14-5-1-8-17-9-2-6-15-17/h2-3,6-7,9H,1,4-5,8,10H2,(H,14,21)(H,19,20). The molecule has 0 radical (unpaired) electrons. The van der Waals surface area contributed by atoms with Crippen molar-refractivity contribution in [2.24, 2.45) is 0 Å². The van der Waals surface area contributed by atoms with E-state index in [1.54, 1.807) is 16.9 Å². The molecule has 8 heteroatoms. The van der Waals surface area contributed by atoms with Gasteiger partial charge in [0.1, 0.15) is 5.69 Å². The van der Waals surface area contributed by atoms with E-state index in [9.17, 15) is 9.59 Å². The molecular formula is C13H17N5O3. The topological polar surface area (TPSA) is 102 Å². The molecule has 8 nitrogen and oxygen atoms in total. The maximum atomic E-state index is 12.0. The summed E-state index contributed by atoms with van der Waals surface area (Å²) >= 11 is 0. The zero-order chi connectivity index (χ0) is 15.1. The minimum absolute atomic E-state index is 0.0682. The third-order valence-electron chi connectivity index (χ3n) is 2.90. The number of carbonyl (C=O) groups is 2. The first-order valence-electron chi connectivity index (χ1n) is 6.66. The molecular weight excluding hydrogens is 274 g/mol. The predicted molar refractivity (Wildman–Crippen MR) is 73.7 cm³/mol. The van der Waals surface area contributed by atoms with Crippen LogP contribution in [0.25, 0.3) is 0 Å². The van der Waals surface area contributed by atoms with Crippen molar-refractivity contribution in [3.8, 4) is 0 Å². The summed E-state index contributed by atoms with van der Waals surface area (Å²) in [6.07, 6.45) is 5.75. The summed E-state index contributed by atoms with van der Waals surface area (Å²) in [6.45, 7) is 1.42. The highest BCUT2D eigenvalue weighted by atomic mass is 16.4. The summed E-state index contributed by atoms with van der Waals surface area (Å²) < 4.78 is 3.19. The Morgan fingerprint density at radius 1 is 1.24 bits per heavy atom. The molecule has 2 N–H and O–H groups in total. The number of carbonyl (C=O) groups excluding carboxylic acids is 1. The first-order valence-corrected chi connectivity index (χ1v) is 6.66. The smallest absolute Gasteiger partial charge is 0.305 e. The molecule has 0 aliphatic heterocycles. The van der Waals surface area contributed by atoms with Gasteiger partial charge in [-0.1, -0.05) is 0 Å². The largest absolute Gasteiger partial charge is 0.481 e. The molecule has 2 aromatic heterocycles. The highest BCUT2D eigenvalue weighted by molar-refractivity contribution is 5.92. The molecule has 0 aliphatic carbocycles. The number of rotatable bonds is 8. The van der Waals surface area contributed by atoms with Crippen LogP contribution >= 0.6 is 0 Å². The van der Waals surface area contributed by atoms with Gasteiger partial charge in [0.15, 0.2) is 0 Å². The first-order chi connectivity index (χ1) is 10.2. The lowest BCUT2D eigenvalue weighted by Gasteiger charge is -2.07. The van der Waals surface area contributed by atoms with E-state index in [4.69, 9.17) is 5.11 Å². The number of carboxylic acids is 1. The molecule has 2 aromatic rings. The average molecular weight is 291 g/mol. The summed E-state index contributed by atoms with van der Waals surface area (Å²) in [6, 6.07) is 3.42. The Balaban J connectivity index is 1.77. The van der Waals surface area contributed by atoms with E-state index < -0.39 is 5.97 Å². The first kappa shape index (κ1) is 14.8. The van der Waals surface area contributed by atoms with E-state index in [0.717, 1.165) is 13.0 Å². The van der Waals surface area contributed by atoms with Crippen molar-refractivity contribution in [3.63, 3.8) is 0 Å². The fourth-order valence-electron chi connectivity index (χ4n) is 1.87. The normalized spacial score (nSPS) is 10.5. The monoisotopic (exact) mass is 291 g/mol. The van der Waals surface area contributed by atoms with Gasteiger partial charge in [0, 0.05) is 31.7 Å². The number of nitrogens with zero attached hydrogens (tertiary/aromatic N) is 4. The van der Waals surface area contributed by atoms with Gasteiger partial charge in [-0.15, -0.1) is 0 Å². The number of carboxylic acid groups (broad SMARTS) is 1. The second-order valence-electron chi connectivity index (χ2n) is 4.46. The third-order valence-corrected chi connectivity index (χ3v) is 2.90. The maximum absolute atomic E-state index is 12.0. The minimum atomic E-state index is -0.920. The zero-order valence-corrected chi connectivity index (χ0v) is 11.5. The van der Waals surface area contributed by atoms with Gasteiger partial charge in [-0.25, -0.2) is 0 Å². The van der Waals surface area contributed by atoms with Crippen LogP contribution in [0.2, 0.25) is 0 Å². The van der Waals surface area contributed by atoms with Gasteiger partial charge >= 0.3 is 5.97 Å². The molecule has 0 unspecified atom stereocenters. The number of aryl methyl sites for hydroxylation is 2. The van der Waals surface area contributed by atoms with Gasteiger partial charge in [0.05, 0.1) is 13.0 Å². The van der Waals surface area contributed by atoms with Crippen LogP contribution in [0, 0.1) is 0 Å². The van der Waals surface area contributed by atoms with Crippen molar-refractivity contribution >= 4 is 11.9 Å². The molecule has 0 saturated heterocycles. The quantitative estimate of drug-likeness (QED) is 0.684. The van der Waals surface area contributed by atoms with Crippen molar-refractivity contribution in [2.45, 2.75) is 25.9 Å². The van der Waals surface area contributed by atoms with E-state index in [1.165, 1.54) is 10.9 Å². The van der Waals surface area contributed by atoms with Gasteiger partial charge < -0.3 is 10.4 Å². The summed E-state index contributed by atoms with van der Waals surface area (Å²) in [5, 5.41) is 19.5. The van der Waals surface area contributed by atoms with Crippen LogP contribution < -0.4 is 5.32 Å². The summed E-state index contributed by atoms with van der Waals surface area (Å²) in [7, 11) is 0. The van der Waals surface area contributed by atoms with Gasteiger partial charge in [-0.2, -0.15) is 10.2 Å². The zero-order valence-electron chi connectivity index (χ0n) is 11.5. The molecule has 21 heavy (non-hydrogen) atoms. The van der Waals surface area contributed by atoms with Crippen LogP contribution in [0.4, 0.5) is 0 Å². The average Bonchev–Trinajstić information content (AvgIpc) is 3.12. The van der Waals surface area contributed by atoms with E-state index in [-0.39, 0.29) is 18.9 Å². The highest BCUT2D eigenvalue weighted by Crippen LogP contribution is 2.01. The molecule has 0 saturated carbocycles. The van der Waals surface area contributed by atoms with E-state index in [0.29, 0.717) is 12.2 Å². The molecule has 2 heterocycles. The molecule has 1 amide bonds. The van der Waals surface area contributed by atoms with Gasteiger partial charge in [-0.05, 0) is 18.6 Å². The van der Waals surface area contributed by atoms with Crippen LogP contribution in [0.1, 0.15) is 23.3 Å². The molecule has 0 atom stereocenters. The number of hydrogen-bond donors (Lipinski definition) is 2. The van der Waals surface area contributed by atoms with E-state index in [1.807, 2.05) is 12.3 Å². The molecule has 0 aromatic carbocycles. The van der Waals surface area contributed by atoms with Crippen molar-refractivity contribution in [2.75, 3.05) is 6.54 Å². The van der Waals surface area contributed by atoms with Gasteiger partial charge in [-0.3, -0.25) is 19.0 Å². The van der Waals surface area contributed by atoms with Crippen LogP contribution in [0.3, 0.4) is 0 Å². The van der Waals surface area contributed by atoms with E-state index >= 15 is 0 Å². The maximum Gasteiger partial charge on any atom is 0.305 e. The van der Waals surface area contributed by atoms with Crippen molar-refractivity contribution in [1.29, 1.82) is 0 Å². The lowest BCUT2D eigenvalue weighted by atomic mass is 10.3. The Hall–Kier alpha value is -2.64. The summed E-state index contributed by atoms with van der Waals surface area (Å²) in [4.78, 5) is 22.5. The summed E-state index contributed by atoms with van der Waals surface area (Å²) in [5.41, 5.74) is 0.371. The second-order valence-corrected chi connectivity index (χ2v) is 4.46. The van der Waals surface area contributed by atoms with Crippen LogP contribution in [0.5, 0.6) is 0 Å². The molecule has 112 valence electrons. The summed E-state index contributed by atoms with van der Waals surface area (Å²) in [5.74, 6) is -1.17. The lowest BCUT2D eigenvalue weighted by Crippen LogP contribution is -2.28. The Morgan fingerprint density at radius 2 is 2.10 bits per heavy atom. The van der Waals surface area contributed by atoms with Crippen molar-refractivity contribution in [3.05, 3.63) is 36.4 Å². The van der Waals surface area contributed by atoms with Crippen LogP contribution in [-0.2, 0) is 17.9 Å². The molecule has 0 fully saturated rings. The Kier molecular flexibility index (Phi) is 5.08. The van der Waals surface area contributed by atoms with Crippen molar-refractivity contribution in [1.82, 2.24) is 24.9 Å². The van der Waals surface area contributed by atoms with E-state index in [2.05, 4.69) is 15.5 Å². The van der Waals surface area contributed by atoms with Crippen LogP contribution in [-0.4, -0.2) is 43.1 Å². The third kappa shape index (κ3) is 4.44. The second kappa shape index (κ2) is 7.22. The van der Waals surface area contributed by atoms with Gasteiger partial charge in [0.2, 0.25) is 0 Å². The Morgan fingerprint density at radius 3 is 2.81 bits per heavy atom. The number of nitrogens with one attached hydrogen (secondary N) is 1. The lowest BCUT2D eigenvalue weighted by molar-refractivity contribution is -0.137. The number of hydrogen-bond acceptors (Lipinski definition) is 4. The number of aliphatic carboxylic acids is 1. The fraction of sp³-hybridized carbons (Fsp3) is 0.385. The molecule has 2 rings (SSSR count). The predicted octanol–water partition coefficient (Wildman–Crippen LogP) is 0.374. The Labute approximate surface area is 121 Å². The SMILES string of the molecule is O=C(O)CCn1nccc1C(=O)NCCCn1cccn1.